The number of nitriles is 2. The summed E-state index contributed by atoms with van der Waals surface area (Å²) in [5.74, 6) is -0.450. The van der Waals surface area contributed by atoms with Gasteiger partial charge in [0.05, 0.1) is 22.5 Å². The van der Waals surface area contributed by atoms with E-state index in [1.165, 1.54) is 6.20 Å². The van der Waals surface area contributed by atoms with Crippen molar-refractivity contribution in [2.45, 2.75) is 32.9 Å². The quantitative estimate of drug-likeness (QED) is 0.0913. The number of Topliss-reactive ketones (excluding diaryl/α,β-unsaturated/α-hetero) is 1. The molecule has 7 nitrogen and oxygen atoms in total. The Bertz CT molecular complexity index is 1970. The van der Waals surface area contributed by atoms with Crippen LogP contribution >= 0.6 is 11.6 Å². The maximum absolute atomic E-state index is 14.3. The number of aliphatic imine (C=N–C) groups is 1. The first-order valence-corrected chi connectivity index (χ1v) is 14.9. The highest BCUT2D eigenvalue weighted by Gasteiger charge is 2.27. The number of aryl methyl sites for hydroxylation is 1. The molecule has 5 rings (SSSR count). The largest absolute Gasteiger partial charge is 0.494 e. The zero-order valence-corrected chi connectivity index (χ0v) is 25.4. The van der Waals surface area contributed by atoms with E-state index in [-0.39, 0.29) is 28.5 Å². The lowest BCUT2D eigenvalue weighted by Crippen LogP contribution is -2.18. The van der Waals surface area contributed by atoms with E-state index >= 15 is 0 Å². The van der Waals surface area contributed by atoms with Crippen molar-refractivity contribution in [1.29, 1.82) is 10.5 Å². The van der Waals surface area contributed by atoms with Gasteiger partial charge in [-0.3, -0.25) is 4.79 Å². The standard InChI is InChI=1S/C37H30ClN5O2/c1-2-3-20-43-32-19-18-29(38)21-30(32)34(37(43)45)35(36(44)28-14-8-5-9-15-28)41-31-16-10-11-17-33(31)42(25-27(22-39)23-40)24-26-12-6-4-7-13-26/h4-19,21,25,45H,2-3,20,24H2,1H3. The third-order valence-corrected chi connectivity index (χ3v) is 7.60. The maximum Gasteiger partial charge on any atom is 0.212 e. The van der Waals surface area contributed by atoms with Gasteiger partial charge >= 0.3 is 0 Å². The van der Waals surface area contributed by atoms with Gasteiger partial charge in [0, 0.05) is 35.3 Å². The number of aromatic nitrogens is 1. The molecule has 1 N–H and O–H groups in total. The van der Waals surface area contributed by atoms with E-state index in [2.05, 4.69) is 6.92 Å². The number of aromatic hydroxyl groups is 1. The van der Waals surface area contributed by atoms with Gasteiger partial charge in [-0.2, -0.15) is 10.5 Å². The molecule has 0 aliphatic carbocycles. The van der Waals surface area contributed by atoms with Crippen molar-refractivity contribution in [2.75, 3.05) is 4.90 Å². The fourth-order valence-electron chi connectivity index (χ4n) is 5.18. The predicted octanol–water partition coefficient (Wildman–Crippen LogP) is 8.74. The number of para-hydroxylation sites is 2. The number of ketones is 1. The molecule has 0 atom stereocenters. The molecular weight excluding hydrogens is 582 g/mol. The molecule has 0 fully saturated rings. The van der Waals surface area contributed by atoms with Crippen LogP contribution in [0.25, 0.3) is 10.9 Å². The highest BCUT2D eigenvalue weighted by atomic mass is 35.5. The topological polar surface area (TPSA) is 105 Å². The number of hydrogen-bond acceptors (Lipinski definition) is 6. The summed E-state index contributed by atoms with van der Waals surface area (Å²) in [7, 11) is 0. The fraction of sp³-hybridized carbons (Fsp3) is 0.135. The van der Waals surface area contributed by atoms with Gasteiger partial charge in [0.25, 0.3) is 0 Å². The molecule has 8 heteroatoms. The number of carbonyl (C=O) groups excluding carboxylic acids is 1. The van der Waals surface area contributed by atoms with Gasteiger partial charge < -0.3 is 14.6 Å². The number of hydrogen-bond donors (Lipinski definition) is 1. The summed E-state index contributed by atoms with van der Waals surface area (Å²) in [4.78, 5) is 21.0. The minimum atomic E-state index is -0.380. The SMILES string of the molecule is CCCCn1c(O)c(C(=Nc2ccccc2N(C=C(C#N)C#N)Cc2ccccc2)C(=O)c2ccccc2)c2cc(Cl)ccc21. The molecule has 0 radical (unpaired) electrons. The Hall–Kier alpha value is -5.63. The van der Waals surface area contributed by atoms with Crippen molar-refractivity contribution < 1.29 is 9.90 Å². The molecule has 5 aromatic rings. The zero-order valence-electron chi connectivity index (χ0n) is 24.7. The Morgan fingerprint density at radius 1 is 0.956 bits per heavy atom. The van der Waals surface area contributed by atoms with E-state index < -0.39 is 0 Å². The van der Waals surface area contributed by atoms with Crippen LogP contribution in [0, 0.1) is 22.7 Å². The molecule has 0 aliphatic heterocycles. The van der Waals surface area contributed by atoms with Crippen molar-refractivity contribution in [3.05, 3.63) is 137 Å². The smallest absolute Gasteiger partial charge is 0.212 e. The van der Waals surface area contributed by atoms with Crippen molar-refractivity contribution in [2.24, 2.45) is 4.99 Å². The van der Waals surface area contributed by atoms with Crippen LogP contribution in [0.4, 0.5) is 11.4 Å². The molecule has 45 heavy (non-hydrogen) atoms. The number of halogens is 1. The van der Waals surface area contributed by atoms with Gasteiger partial charge in [-0.15, -0.1) is 0 Å². The minimum Gasteiger partial charge on any atom is -0.494 e. The number of rotatable bonds is 11. The van der Waals surface area contributed by atoms with Gasteiger partial charge in [0.2, 0.25) is 11.7 Å². The number of benzene rings is 4. The molecule has 0 bridgehead atoms. The number of anilines is 1. The van der Waals surface area contributed by atoms with Crippen LogP contribution in [-0.2, 0) is 13.1 Å². The average molecular weight is 612 g/mol. The summed E-state index contributed by atoms with van der Waals surface area (Å²) in [6.07, 6.45) is 3.22. The molecule has 0 saturated heterocycles. The molecule has 1 heterocycles. The van der Waals surface area contributed by atoms with E-state index in [1.54, 1.807) is 58.0 Å². The molecule has 0 unspecified atom stereocenters. The number of fused-ring (bicyclic) bond motifs is 1. The second-order valence-corrected chi connectivity index (χ2v) is 10.8. The second-order valence-electron chi connectivity index (χ2n) is 10.4. The lowest BCUT2D eigenvalue weighted by molar-refractivity contribution is 0.106. The third kappa shape index (κ3) is 6.80. The average Bonchev–Trinajstić information content (AvgIpc) is 3.34. The molecule has 0 saturated carbocycles. The van der Waals surface area contributed by atoms with Crippen molar-refractivity contribution >= 4 is 45.4 Å². The van der Waals surface area contributed by atoms with Crippen LogP contribution < -0.4 is 4.90 Å². The molecule has 0 amide bonds. The van der Waals surface area contributed by atoms with Crippen LogP contribution in [-0.4, -0.2) is 21.2 Å². The Labute approximate surface area is 267 Å². The van der Waals surface area contributed by atoms with Gasteiger partial charge in [-0.1, -0.05) is 97.7 Å². The van der Waals surface area contributed by atoms with Crippen molar-refractivity contribution in [1.82, 2.24) is 4.57 Å². The summed E-state index contributed by atoms with van der Waals surface area (Å²) in [5, 5.41) is 32.0. The number of nitrogens with zero attached hydrogens (tertiary/aromatic N) is 5. The first kappa shape index (κ1) is 30.8. The van der Waals surface area contributed by atoms with Gasteiger partial charge in [0.15, 0.2) is 0 Å². The Morgan fingerprint density at radius 2 is 1.62 bits per heavy atom. The van der Waals surface area contributed by atoms with E-state index in [0.717, 1.165) is 23.9 Å². The zero-order chi connectivity index (χ0) is 31.8. The van der Waals surface area contributed by atoms with Crippen LogP contribution in [0.15, 0.2) is 120 Å². The van der Waals surface area contributed by atoms with Crippen molar-refractivity contribution in [3.8, 4) is 18.0 Å². The number of carbonyl (C=O) groups is 1. The highest BCUT2D eigenvalue weighted by molar-refractivity contribution is 6.54. The maximum atomic E-state index is 14.3. The Morgan fingerprint density at radius 3 is 2.31 bits per heavy atom. The second kappa shape index (κ2) is 14.2. The molecule has 1 aromatic heterocycles. The van der Waals surface area contributed by atoms with Crippen LogP contribution in [0.2, 0.25) is 5.02 Å². The first-order chi connectivity index (χ1) is 21.9. The van der Waals surface area contributed by atoms with E-state index in [1.807, 2.05) is 66.7 Å². The van der Waals surface area contributed by atoms with E-state index in [0.29, 0.717) is 40.4 Å². The van der Waals surface area contributed by atoms with E-state index in [9.17, 15) is 20.4 Å². The highest BCUT2D eigenvalue weighted by Crippen LogP contribution is 2.37. The summed E-state index contributed by atoms with van der Waals surface area (Å²) in [5.41, 5.74) is 3.30. The summed E-state index contributed by atoms with van der Waals surface area (Å²) in [6.45, 7) is 2.95. The Kier molecular flexibility index (Phi) is 9.74. The summed E-state index contributed by atoms with van der Waals surface area (Å²) < 4.78 is 1.79. The van der Waals surface area contributed by atoms with E-state index in [4.69, 9.17) is 16.6 Å². The minimum absolute atomic E-state index is 0.0399. The Balaban J connectivity index is 1.78. The monoisotopic (exact) mass is 611 g/mol. The van der Waals surface area contributed by atoms with Gasteiger partial charge in [0.1, 0.15) is 23.4 Å². The lowest BCUT2D eigenvalue weighted by Gasteiger charge is -2.23. The molecular formula is C37H30ClN5O2. The van der Waals surface area contributed by atoms with Crippen LogP contribution in [0.5, 0.6) is 5.88 Å². The first-order valence-electron chi connectivity index (χ1n) is 14.6. The fourth-order valence-corrected chi connectivity index (χ4v) is 5.35. The normalized spacial score (nSPS) is 11.1. The molecule has 0 aliphatic rings. The number of allylic oxidation sites excluding steroid dienone is 1. The number of unbranched alkanes of at least 4 members (excludes halogenated alkanes) is 1. The van der Waals surface area contributed by atoms with Crippen LogP contribution in [0.3, 0.4) is 0 Å². The van der Waals surface area contributed by atoms with Gasteiger partial charge in [-0.25, -0.2) is 4.99 Å². The van der Waals surface area contributed by atoms with Crippen molar-refractivity contribution in [3.63, 3.8) is 0 Å². The predicted molar refractivity (Wildman–Crippen MR) is 179 cm³/mol. The van der Waals surface area contributed by atoms with Gasteiger partial charge in [-0.05, 0) is 42.3 Å². The summed E-state index contributed by atoms with van der Waals surface area (Å²) in [6, 6.07) is 34.8. The molecule has 222 valence electrons. The lowest BCUT2D eigenvalue weighted by atomic mass is 9.99. The summed E-state index contributed by atoms with van der Waals surface area (Å²) >= 11 is 6.46. The molecule has 0 spiro atoms. The molecule has 4 aromatic carbocycles. The third-order valence-electron chi connectivity index (χ3n) is 7.37. The van der Waals surface area contributed by atoms with Crippen LogP contribution in [0.1, 0.15) is 41.3 Å².